The number of anilines is 1. The number of halogens is 1. The minimum Gasteiger partial charge on any atom is -0.475 e. The minimum atomic E-state index is -1.22. The number of carboxylic acid groups (broad SMARTS) is 1. The number of imidazole rings is 1. The first-order valence-corrected chi connectivity index (χ1v) is 12.0. The van der Waals surface area contributed by atoms with Crippen LogP contribution in [0.25, 0.3) is 22.6 Å². The van der Waals surface area contributed by atoms with Crippen LogP contribution in [0.2, 0.25) is 0 Å². The zero-order valence-corrected chi connectivity index (χ0v) is 21.2. The second-order valence-electron chi connectivity index (χ2n) is 9.72. The Labute approximate surface area is 208 Å². The lowest BCUT2D eigenvalue weighted by Crippen LogP contribution is -2.31. The third-order valence-electron chi connectivity index (χ3n) is 6.08. The molecule has 0 aliphatic heterocycles. The molecule has 0 aliphatic rings. The van der Waals surface area contributed by atoms with Crippen molar-refractivity contribution < 1.29 is 13.8 Å². The molecule has 0 amide bonds. The van der Waals surface area contributed by atoms with E-state index in [-0.39, 0.29) is 29.4 Å². The second kappa shape index (κ2) is 9.65. The SMILES string of the molecule is Cc1cccc(-c2nc3nc(C(=O)O)nc(NC(C)C(C)(C)C)c3n2Cc2ccc(SF)cc2)c1. The van der Waals surface area contributed by atoms with Crippen LogP contribution in [0.15, 0.2) is 53.4 Å². The van der Waals surface area contributed by atoms with Gasteiger partial charge in [-0.3, -0.25) is 0 Å². The van der Waals surface area contributed by atoms with E-state index in [1.54, 1.807) is 12.1 Å². The Morgan fingerprint density at radius 3 is 2.46 bits per heavy atom. The lowest BCUT2D eigenvalue weighted by molar-refractivity contribution is 0.0684. The summed E-state index contributed by atoms with van der Waals surface area (Å²) in [5.41, 5.74) is 3.70. The van der Waals surface area contributed by atoms with E-state index in [2.05, 4.69) is 36.1 Å². The van der Waals surface area contributed by atoms with Crippen LogP contribution in [0.3, 0.4) is 0 Å². The van der Waals surface area contributed by atoms with Crippen molar-refractivity contribution in [3.05, 3.63) is 65.5 Å². The van der Waals surface area contributed by atoms with Crippen LogP contribution in [-0.2, 0) is 6.54 Å². The Morgan fingerprint density at radius 2 is 1.86 bits per heavy atom. The van der Waals surface area contributed by atoms with Crippen LogP contribution in [0.4, 0.5) is 9.70 Å². The van der Waals surface area contributed by atoms with Crippen molar-refractivity contribution in [3.8, 4) is 11.4 Å². The van der Waals surface area contributed by atoms with E-state index in [9.17, 15) is 13.8 Å². The highest BCUT2D eigenvalue weighted by Crippen LogP contribution is 2.32. The van der Waals surface area contributed by atoms with Crippen LogP contribution < -0.4 is 5.32 Å². The fourth-order valence-corrected chi connectivity index (χ4v) is 3.88. The van der Waals surface area contributed by atoms with Gasteiger partial charge in [-0.15, -0.1) is 0 Å². The van der Waals surface area contributed by atoms with Crippen molar-refractivity contribution in [1.82, 2.24) is 19.5 Å². The van der Waals surface area contributed by atoms with Crippen LogP contribution in [-0.4, -0.2) is 36.6 Å². The second-order valence-corrected chi connectivity index (χ2v) is 10.3. The Bertz CT molecular complexity index is 1380. The molecule has 2 N–H and O–H groups in total. The third kappa shape index (κ3) is 5.30. The van der Waals surface area contributed by atoms with Gasteiger partial charge in [-0.2, -0.15) is 3.89 Å². The number of aromatic nitrogens is 4. The molecular formula is C26H28FN5O2S. The van der Waals surface area contributed by atoms with Crippen molar-refractivity contribution in [2.75, 3.05) is 5.32 Å². The summed E-state index contributed by atoms with van der Waals surface area (Å²) >= 11 is 0.201. The highest BCUT2D eigenvalue weighted by atomic mass is 32.2. The van der Waals surface area contributed by atoms with E-state index in [1.807, 2.05) is 54.8 Å². The van der Waals surface area contributed by atoms with E-state index >= 15 is 0 Å². The molecule has 2 aromatic carbocycles. The first-order chi connectivity index (χ1) is 16.6. The van der Waals surface area contributed by atoms with Gasteiger partial charge < -0.3 is 15.0 Å². The van der Waals surface area contributed by atoms with Crippen LogP contribution >= 0.6 is 12.1 Å². The van der Waals surface area contributed by atoms with Crippen LogP contribution in [0, 0.1) is 12.3 Å². The zero-order valence-electron chi connectivity index (χ0n) is 20.3. The molecule has 2 aromatic heterocycles. The van der Waals surface area contributed by atoms with Gasteiger partial charge in [0.15, 0.2) is 11.5 Å². The van der Waals surface area contributed by atoms with Gasteiger partial charge in [0.1, 0.15) is 11.3 Å². The average Bonchev–Trinajstić information content (AvgIpc) is 3.17. The van der Waals surface area contributed by atoms with E-state index in [0.717, 1.165) is 16.7 Å². The number of benzene rings is 2. The van der Waals surface area contributed by atoms with Gasteiger partial charge in [0.05, 0.1) is 12.1 Å². The number of nitrogens with zero attached hydrogens (tertiary/aromatic N) is 4. The van der Waals surface area contributed by atoms with Crippen molar-refractivity contribution in [1.29, 1.82) is 0 Å². The molecule has 182 valence electrons. The summed E-state index contributed by atoms with van der Waals surface area (Å²) in [6.45, 7) is 10.8. The first-order valence-electron chi connectivity index (χ1n) is 11.3. The smallest absolute Gasteiger partial charge is 0.374 e. The highest BCUT2D eigenvalue weighted by Gasteiger charge is 2.26. The molecular weight excluding hydrogens is 465 g/mol. The van der Waals surface area contributed by atoms with Crippen molar-refractivity contribution >= 4 is 35.1 Å². The highest BCUT2D eigenvalue weighted by molar-refractivity contribution is 7.94. The molecule has 0 fully saturated rings. The number of aryl methyl sites for hydroxylation is 1. The Kier molecular flexibility index (Phi) is 6.80. The van der Waals surface area contributed by atoms with Gasteiger partial charge >= 0.3 is 5.97 Å². The molecule has 1 unspecified atom stereocenters. The molecule has 0 saturated heterocycles. The number of hydrogen-bond donors (Lipinski definition) is 2. The maximum atomic E-state index is 13.0. The molecule has 0 bridgehead atoms. The summed E-state index contributed by atoms with van der Waals surface area (Å²) in [5.74, 6) is -0.469. The fourth-order valence-electron chi connectivity index (χ4n) is 3.64. The summed E-state index contributed by atoms with van der Waals surface area (Å²) in [4.78, 5) is 25.8. The number of hydrogen-bond acceptors (Lipinski definition) is 6. The van der Waals surface area contributed by atoms with Gasteiger partial charge in [0, 0.05) is 23.0 Å². The molecule has 35 heavy (non-hydrogen) atoms. The van der Waals surface area contributed by atoms with E-state index in [4.69, 9.17) is 4.98 Å². The molecule has 1 atom stereocenters. The fraction of sp³-hybridized carbons (Fsp3) is 0.308. The largest absolute Gasteiger partial charge is 0.475 e. The third-order valence-corrected chi connectivity index (χ3v) is 6.53. The lowest BCUT2D eigenvalue weighted by Gasteiger charge is -2.29. The van der Waals surface area contributed by atoms with Gasteiger partial charge in [-0.05, 0) is 43.0 Å². The summed E-state index contributed by atoms with van der Waals surface area (Å²) in [7, 11) is 0. The predicted molar refractivity (Wildman–Crippen MR) is 138 cm³/mol. The Morgan fingerprint density at radius 1 is 1.14 bits per heavy atom. The predicted octanol–water partition coefficient (Wildman–Crippen LogP) is 6.37. The molecule has 2 heterocycles. The van der Waals surface area contributed by atoms with Crippen molar-refractivity contribution in [2.45, 2.75) is 52.1 Å². The van der Waals surface area contributed by atoms with Crippen molar-refractivity contribution in [3.63, 3.8) is 0 Å². The number of rotatable bonds is 7. The molecule has 0 spiro atoms. The number of nitrogens with one attached hydrogen (secondary N) is 1. The number of aromatic carboxylic acids is 1. The molecule has 0 saturated carbocycles. The topological polar surface area (TPSA) is 92.9 Å². The molecule has 0 radical (unpaired) electrons. The van der Waals surface area contributed by atoms with Gasteiger partial charge in [0.25, 0.3) is 0 Å². The van der Waals surface area contributed by atoms with Crippen LogP contribution in [0.1, 0.15) is 49.4 Å². The van der Waals surface area contributed by atoms with E-state index in [0.29, 0.717) is 34.2 Å². The normalized spacial score (nSPS) is 12.6. The number of fused-ring (bicyclic) bond motifs is 1. The summed E-state index contributed by atoms with van der Waals surface area (Å²) in [6, 6.07) is 15.1. The lowest BCUT2D eigenvalue weighted by atomic mass is 9.88. The number of carboxylic acids is 1. The van der Waals surface area contributed by atoms with Gasteiger partial charge in [-0.25, -0.2) is 19.7 Å². The van der Waals surface area contributed by atoms with Crippen LogP contribution in [0.5, 0.6) is 0 Å². The number of carbonyl (C=O) groups is 1. The zero-order chi connectivity index (χ0) is 25.3. The average molecular weight is 494 g/mol. The van der Waals surface area contributed by atoms with Gasteiger partial charge in [-0.1, -0.05) is 56.7 Å². The summed E-state index contributed by atoms with van der Waals surface area (Å²) < 4.78 is 15.0. The maximum Gasteiger partial charge on any atom is 0.374 e. The van der Waals surface area contributed by atoms with Gasteiger partial charge in [0.2, 0.25) is 5.82 Å². The summed E-state index contributed by atoms with van der Waals surface area (Å²) in [6.07, 6.45) is 0. The minimum absolute atomic E-state index is 0.0196. The Balaban J connectivity index is 1.97. The Hall–Kier alpha value is -3.46. The molecule has 7 nitrogen and oxygen atoms in total. The van der Waals surface area contributed by atoms with Crippen molar-refractivity contribution in [2.24, 2.45) is 5.41 Å². The van der Waals surface area contributed by atoms with E-state index in [1.165, 1.54) is 0 Å². The molecule has 4 aromatic rings. The standard InChI is InChI=1S/C26H28FN5O2S/c1-15-7-6-8-18(13-15)24-31-22-20(32(24)14-17-9-11-19(35-27)12-10-17)21(28-16(2)26(3,4)5)29-23(30-22)25(33)34/h6-13,16H,14H2,1-5H3,(H,33,34)(H,28,29,30). The summed E-state index contributed by atoms with van der Waals surface area (Å²) in [5, 5.41) is 13.1. The molecule has 9 heteroatoms. The molecule has 0 aliphatic carbocycles. The first kappa shape index (κ1) is 24.7. The maximum absolute atomic E-state index is 13.0. The quantitative estimate of drug-likeness (QED) is 0.309. The molecule has 4 rings (SSSR count). The van der Waals surface area contributed by atoms with E-state index < -0.39 is 5.97 Å². The monoisotopic (exact) mass is 493 g/mol.